The van der Waals surface area contributed by atoms with Crippen LogP contribution in [0.4, 0.5) is 5.82 Å². The van der Waals surface area contributed by atoms with E-state index in [1.54, 1.807) is 26.4 Å². The van der Waals surface area contributed by atoms with E-state index in [2.05, 4.69) is 4.98 Å². The Morgan fingerprint density at radius 2 is 2.25 bits per heavy atom. The quantitative estimate of drug-likeness (QED) is 0.823. The maximum atomic E-state index is 11.9. The van der Waals surface area contributed by atoms with E-state index in [0.717, 1.165) is 12.8 Å². The summed E-state index contributed by atoms with van der Waals surface area (Å²) in [6.45, 7) is 0. The third-order valence-corrected chi connectivity index (χ3v) is 2.38. The van der Waals surface area contributed by atoms with Crippen LogP contribution >= 0.6 is 0 Å². The molecule has 16 heavy (non-hydrogen) atoms. The fourth-order valence-corrected chi connectivity index (χ4v) is 1.36. The molecule has 1 amide bonds. The first-order valence-electron chi connectivity index (χ1n) is 5.22. The van der Waals surface area contributed by atoms with Crippen LogP contribution in [-0.2, 0) is 0 Å². The lowest BCUT2D eigenvalue weighted by molar-refractivity contribution is 0.0823. The molecule has 0 aromatic carbocycles. The number of anilines is 1. The smallest absolute Gasteiger partial charge is 0.260 e. The molecule has 0 bridgehead atoms. The van der Waals surface area contributed by atoms with Crippen molar-refractivity contribution in [2.75, 3.05) is 19.8 Å². The Morgan fingerprint density at radius 1 is 1.56 bits per heavy atom. The number of hydrogen-bond donors (Lipinski definition) is 1. The van der Waals surface area contributed by atoms with Gasteiger partial charge in [-0.3, -0.25) is 4.79 Å². The van der Waals surface area contributed by atoms with Gasteiger partial charge in [0.25, 0.3) is 5.91 Å². The Labute approximate surface area is 94.2 Å². The van der Waals surface area contributed by atoms with Gasteiger partial charge >= 0.3 is 0 Å². The van der Waals surface area contributed by atoms with Gasteiger partial charge in [-0.1, -0.05) is 0 Å². The first-order chi connectivity index (χ1) is 7.59. The summed E-state index contributed by atoms with van der Waals surface area (Å²) in [5, 5.41) is 0. The lowest BCUT2D eigenvalue weighted by Gasteiger charge is -2.15. The van der Waals surface area contributed by atoms with Crippen molar-refractivity contribution < 1.29 is 9.53 Å². The second kappa shape index (κ2) is 4.00. The highest BCUT2D eigenvalue weighted by Crippen LogP contribution is 2.31. The molecule has 1 aromatic heterocycles. The topological polar surface area (TPSA) is 68.5 Å². The minimum absolute atomic E-state index is 0.179. The molecule has 5 nitrogen and oxygen atoms in total. The van der Waals surface area contributed by atoms with Crippen molar-refractivity contribution in [2.45, 2.75) is 18.9 Å². The van der Waals surface area contributed by atoms with Gasteiger partial charge in [-0.2, -0.15) is 0 Å². The molecule has 1 aliphatic carbocycles. The fraction of sp³-hybridized carbons (Fsp3) is 0.455. The van der Waals surface area contributed by atoms with Crippen LogP contribution < -0.4 is 10.5 Å². The third-order valence-electron chi connectivity index (χ3n) is 2.38. The fourth-order valence-electron chi connectivity index (χ4n) is 1.36. The summed E-state index contributed by atoms with van der Waals surface area (Å²) in [5.74, 6) is 0.576. The van der Waals surface area contributed by atoms with Crippen LogP contribution in [0, 0.1) is 0 Å². The molecule has 1 aromatic rings. The van der Waals surface area contributed by atoms with Crippen LogP contribution in [0.1, 0.15) is 23.2 Å². The first-order valence-corrected chi connectivity index (χ1v) is 5.22. The van der Waals surface area contributed by atoms with Crippen molar-refractivity contribution in [1.29, 1.82) is 0 Å². The summed E-state index contributed by atoms with van der Waals surface area (Å²) in [5.41, 5.74) is 6.08. The SMILES string of the molecule is CN(C)C(=O)c1c(OC2CC2)ccnc1N. The van der Waals surface area contributed by atoms with Gasteiger partial charge in [0.1, 0.15) is 17.1 Å². The van der Waals surface area contributed by atoms with Crippen LogP contribution in [0.3, 0.4) is 0 Å². The number of hydrogen-bond acceptors (Lipinski definition) is 4. The van der Waals surface area contributed by atoms with Gasteiger partial charge in [0.05, 0.1) is 6.10 Å². The number of aromatic nitrogens is 1. The Bertz CT molecular complexity index is 414. The monoisotopic (exact) mass is 221 g/mol. The number of ether oxygens (including phenoxy) is 1. The zero-order chi connectivity index (χ0) is 11.7. The Hall–Kier alpha value is -1.78. The molecule has 1 aliphatic rings. The lowest BCUT2D eigenvalue weighted by Crippen LogP contribution is -2.24. The Morgan fingerprint density at radius 3 is 2.81 bits per heavy atom. The first kappa shape index (κ1) is 10.7. The lowest BCUT2D eigenvalue weighted by atomic mass is 10.2. The van der Waals surface area contributed by atoms with Crippen LogP contribution in [0.25, 0.3) is 0 Å². The molecule has 0 atom stereocenters. The molecule has 0 radical (unpaired) electrons. The third kappa shape index (κ3) is 2.08. The summed E-state index contributed by atoms with van der Waals surface area (Å²) < 4.78 is 5.64. The van der Waals surface area contributed by atoms with Crippen molar-refractivity contribution in [3.8, 4) is 5.75 Å². The molecule has 1 fully saturated rings. The largest absolute Gasteiger partial charge is 0.489 e. The number of carbonyl (C=O) groups excluding carboxylic acids is 1. The standard InChI is InChI=1S/C11H15N3O2/c1-14(2)11(15)9-8(16-7-3-4-7)5-6-13-10(9)12/h5-7H,3-4H2,1-2H3,(H2,12,13). The van der Waals surface area contributed by atoms with Gasteiger partial charge in [0.2, 0.25) is 0 Å². The molecular formula is C11H15N3O2. The van der Waals surface area contributed by atoms with E-state index in [1.165, 1.54) is 4.90 Å². The molecule has 0 unspecified atom stereocenters. The Balaban J connectivity index is 2.35. The maximum Gasteiger partial charge on any atom is 0.260 e. The van der Waals surface area contributed by atoms with Gasteiger partial charge in [-0.05, 0) is 18.9 Å². The number of nitrogens with zero attached hydrogens (tertiary/aromatic N) is 2. The van der Waals surface area contributed by atoms with E-state index in [1.807, 2.05) is 0 Å². The summed E-state index contributed by atoms with van der Waals surface area (Å²) >= 11 is 0. The number of nitrogens with two attached hydrogens (primary N) is 1. The predicted octanol–water partition coefficient (Wildman–Crippen LogP) is 0.907. The number of carbonyl (C=O) groups is 1. The Kier molecular flexibility index (Phi) is 2.68. The molecule has 5 heteroatoms. The number of amides is 1. The molecule has 86 valence electrons. The molecule has 0 spiro atoms. The van der Waals surface area contributed by atoms with Crippen LogP contribution in [0.2, 0.25) is 0 Å². The summed E-state index contributed by atoms with van der Waals surface area (Å²) in [7, 11) is 3.35. The summed E-state index contributed by atoms with van der Waals surface area (Å²) in [6, 6.07) is 1.69. The van der Waals surface area contributed by atoms with Crippen molar-refractivity contribution in [2.24, 2.45) is 0 Å². The molecule has 1 heterocycles. The zero-order valence-electron chi connectivity index (χ0n) is 9.43. The summed E-state index contributed by atoms with van der Waals surface area (Å²) in [4.78, 5) is 17.3. The van der Waals surface area contributed by atoms with Gasteiger partial charge in [0, 0.05) is 20.3 Å². The second-order valence-corrected chi connectivity index (χ2v) is 4.09. The van der Waals surface area contributed by atoms with Crippen molar-refractivity contribution in [3.05, 3.63) is 17.8 Å². The van der Waals surface area contributed by atoms with Crippen molar-refractivity contribution >= 4 is 11.7 Å². The number of pyridine rings is 1. The highest BCUT2D eigenvalue weighted by molar-refractivity contribution is 6.00. The van der Waals surface area contributed by atoms with E-state index in [-0.39, 0.29) is 17.8 Å². The second-order valence-electron chi connectivity index (χ2n) is 4.09. The van der Waals surface area contributed by atoms with Crippen molar-refractivity contribution in [3.63, 3.8) is 0 Å². The minimum Gasteiger partial charge on any atom is -0.489 e. The highest BCUT2D eigenvalue weighted by atomic mass is 16.5. The van der Waals surface area contributed by atoms with Crippen LogP contribution in [0.15, 0.2) is 12.3 Å². The molecule has 0 saturated heterocycles. The molecule has 2 rings (SSSR count). The maximum absolute atomic E-state index is 11.9. The average Bonchev–Trinajstić information content (AvgIpc) is 3.01. The average molecular weight is 221 g/mol. The molecular weight excluding hydrogens is 206 g/mol. The molecule has 2 N–H and O–H groups in total. The van der Waals surface area contributed by atoms with Crippen molar-refractivity contribution in [1.82, 2.24) is 9.88 Å². The number of rotatable bonds is 3. The van der Waals surface area contributed by atoms with E-state index >= 15 is 0 Å². The van der Waals surface area contributed by atoms with E-state index in [0.29, 0.717) is 11.3 Å². The van der Waals surface area contributed by atoms with Gasteiger partial charge in [-0.15, -0.1) is 0 Å². The van der Waals surface area contributed by atoms with E-state index in [9.17, 15) is 4.79 Å². The summed E-state index contributed by atoms with van der Waals surface area (Å²) in [6.07, 6.45) is 3.87. The normalized spacial score (nSPS) is 14.6. The van der Waals surface area contributed by atoms with Gasteiger partial charge in [-0.25, -0.2) is 4.98 Å². The molecule has 1 saturated carbocycles. The van der Waals surface area contributed by atoms with E-state index in [4.69, 9.17) is 10.5 Å². The highest BCUT2D eigenvalue weighted by Gasteiger charge is 2.27. The number of nitrogen functional groups attached to an aromatic ring is 1. The molecule has 0 aliphatic heterocycles. The van der Waals surface area contributed by atoms with Gasteiger partial charge < -0.3 is 15.4 Å². The van der Waals surface area contributed by atoms with E-state index < -0.39 is 0 Å². The van der Waals surface area contributed by atoms with Crippen LogP contribution in [0.5, 0.6) is 5.75 Å². The van der Waals surface area contributed by atoms with Gasteiger partial charge in [0.15, 0.2) is 0 Å². The predicted molar refractivity (Wildman–Crippen MR) is 60.3 cm³/mol. The van der Waals surface area contributed by atoms with Crippen LogP contribution in [-0.4, -0.2) is 36.0 Å². The zero-order valence-corrected chi connectivity index (χ0v) is 9.43. The minimum atomic E-state index is -0.179.